The highest BCUT2D eigenvalue weighted by Crippen LogP contribution is 2.36. The summed E-state index contributed by atoms with van der Waals surface area (Å²) in [5, 5.41) is 7.61. The molecule has 1 N–H and O–H groups in total. The molecule has 0 atom stereocenters. The van der Waals surface area contributed by atoms with Gasteiger partial charge in [0.2, 0.25) is 0 Å². The number of hydrogen-bond donors (Lipinski definition) is 1. The van der Waals surface area contributed by atoms with Crippen LogP contribution in [-0.2, 0) is 6.54 Å². The number of nitrogens with one attached hydrogen (secondary N) is 1. The van der Waals surface area contributed by atoms with Gasteiger partial charge in [-0.1, -0.05) is 24.9 Å². The summed E-state index contributed by atoms with van der Waals surface area (Å²) in [5.74, 6) is 1.05. The largest absolute Gasteiger partial charge is 0.364 e. The van der Waals surface area contributed by atoms with Crippen LogP contribution in [-0.4, -0.2) is 60.7 Å². The van der Waals surface area contributed by atoms with E-state index in [2.05, 4.69) is 32.2 Å². The molecule has 0 radical (unpaired) electrons. The van der Waals surface area contributed by atoms with Gasteiger partial charge in [0.25, 0.3) is 0 Å². The molecule has 24 heavy (non-hydrogen) atoms. The van der Waals surface area contributed by atoms with Crippen molar-refractivity contribution in [2.24, 2.45) is 10.4 Å². The van der Waals surface area contributed by atoms with Gasteiger partial charge in [0.1, 0.15) is 6.26 Å². The molecule has 2 heterocycles. The second-order valence-corrected chi connectivity index (χ2v) is 7.17. The van der Waals surface area contributed by atoms with E-state index < -0.39 is 0 Å². The molecule has 0 bridgehead atoms. The molecule has 2 fully saturated rings. The van der Waals surface area contributed by atoms with Gasteiger partial charge in [0.15, 0.2) is 5.96 Å². The average Bonchev–Trinajstić information content (AvgIpc) is 3.22. The summed E-state index contributed by atoms with van der Waals surface area (Å²) in [6, 6.07) is 1.94. The lowest BCUT2D eigenvalue weighted by Crippen LogP contribution is -2.53. The monoisotopic (exact) mass is 447 g/mol. The quantitative estimate of drug-likeness (QED) is 0.437. The Morgan fingerprint density at radius 2 is 2.00 bits per heavy atom. The molecule has 2 aliphatic rings. The first kappa shape index (κ1) is 19.5. The predicted molar refractivity (Wildman–Crippen MR) is 107 cm³/mol. The van der Waals surface area contributed by atoms with Crippen LogP contribution in [0.5, 0.6) is 0 Å². The van der Waals surface area contributed by atoms with Crippen molar-refractivity contribution in [1.82, 2.24) is 20.3 Å². The van der Waals surface area contributed by atoms with Crippen molar-refractivity contribution in [2.45, 2.75) is 39.2 Å². The predicted octanol–water partition coefficient (Wildman–Crippen LogP) is 2.57. The number of nitrogens with zero attached hydrogens (tertiary/aromatic N) is 4. The SMILES string of the molecule is CN=C(NCC1(C)CCCC1)N1CCN(Cc2ccon2)CC1.I. The van der Waals surface area contributed by atoms with Gasteiger partial charge in [-0.3, -0.25) is 9.89 Å². The fraction of sp³-hybridized carbons (Fsp3) is 0.765. The van der Waals surface area contributed by atoms with Gasteiger partial charge in [-0.05, 0) is 18.3 Å². The summed E-state index contributed by atoms with van der Waals surface area (Å²) in [6.07, 6.45) is 7.06. The molecule has 0 unspecified atom stereocenters. The van der Waals surface area contributed by atoms with E-state index in [4.69, 9.17) is 4.52 Å². The standard InChI is InChI=1S/C17H29N5O.HI/c1-17(6-3-4-7-17)14-19-16(18-2)22-10-8-21(9-11-22)13-15-5-12-23-20-15;/h5,12H,3-4,6-11,13-14H2,1-2H3,(H,18,19);1H. The van der Waals surface area contributed by atoms with E-state index in [1.54, 1.807) is 6.26 Å². The van der Waals surface area contributed by atoms with E-state index >= 15 is 0 Å². The van der Waals surface area contributed by atoms with E-state index in [1.807, 2.05) is 13.1 Å². The van der Waals surface area contributed by atoms with Crippen molar-refractivity contribution >= 4 is 29.9 Å². The van der Waals surface area contributed by atoms with Gasteiger partial charge >= 0.3 is 0 Å². The van der Waals surface area contributed by atoms with Crippen LogP contribution < -0.4 is 5.32 Å². The first-order valence-corrected chi connectivity index (χ1v) is 8.76. The molecule has 1 saturated carbocycles. The van der Waals surface area contributed by atoms with Crippen molar-refractivity contribution in [2.75, 3.05) is 39.8 Å². The molecule has 6 nitrogen and oxygen atoms in total. The van der Waals surface area contributed by atoms with Crippen molar-refractivity contribution in [3.63, 3.8) is 0 Å². The maximum absolute atomic E-state index is 4.91. The molecule has 0 amide bonds. The molecule has 1 aliphatic carbocycles. The summed E-state index contributed by atoms with van der Waals surface area (Å²) in [6.45, 7) is 8.39. The topological polar surface area (TPSA) is 56.9 Å². The van der Waals surface area contributed by atoms with Gasteiger partial charge in [0, 0.05) is 52.4 Å². The third-order valence-electron chi connectivity index (χ3n) is 5.24. The lowest BCUT2D eigenvalue weighted by molar-refractivity contribution is 0.168. The molecular formula is C17H30IN5O. The van der Waals surface area contributed by atoms with E-state index in [0.717, 1.165) is 50.9 Å². The van der Waals surface area contributed by atoms with Crippen LogP contribution in [0.25, 0.3) is 0 Å². The van der Waals surface area contributed by atoms with Crippen LogP contribution in [0.1, 0.15) is 38.3 Å². The highest BCUT2D eigenvalue weighted by Gasteiger charge is 2.29. The Kier molecular flexibility index (Phi) is 7.34. The number of aliphatic imine (C=N–C) groups is 1. The molecule has 136 valence electrons. The number of piperazine rings is 1. The second-order valence-electron chi connectivity index (χ2n) is 7.17. The molecule has 1 aliphatic heterocycles. The van der Waals surface area contributed by atoms with Gasteiger partial charge in [0.05, 0.1) is 5.69 Å². The normalized spacial score (nSPS) is 21.6. The second kappa shape index (κ2) is 9.03. The van der Waals surface area contributed by atoms with E-state index in [1.165, 1.54) is 25.7 Å². The Morgan fingerprint density at radius 1 is 1.29 bits per heavy atom. The summed E-state index contributed by atoms with van der Waals surface area (Å²) in [7, 11) is 1.89. The third-order valence-corrected chi connectivity index (χ3v) is 5.24. The summed E-state index contributed by atoms with van der Waals surface area (Å²) < 4.78 is 4.91. The van der Waals surface area contributed by atoms with Crippen LogP contribution >= 0.6 is 24.0 Å². The lowest BCUT2D eigenvalue weighted by atomic mass is 9.89. The van der Waals surface area contributed by atoms with Crippen molar-refractivity contribution in [3.8, 4) is 0 Å². The molecular weight excluding hydrogens is 417 g/mol. The number of aromatic nitrogens is 1. The van der Waals surface area contributed by atoms with Gasteiger partial charge in [-0.25, -0.2) is 0 Å². The van der Waals surface area contributed by atoms with Crippen molar-refractivity contribution in [1.29, 1.82) is 0 Å². The zero-order valence-corrected chi connectivity index (χ0v) is 17.2. The minimum absolute atomic E-state index is 0. The summed E-state index contributed by atoms with van der Waals surface area (Å²) in [4.78, 5) is 9.28. The minimum atomic E-state index is 0. The van der Waals surface area contributed by atoms with Gasteiger partial charge in [-0.2, -0.15) is 0 Å². The molecule has 1 saturated heterocycles. The summed E-state index contributed by atoms with van der Waals surface area (Å²) in [5.41, 5.74) is 1.46. The molecule has 3 rings (SSSR count). The highest BCUT2D eigenvalue weighted by molar-refractivity contribution is 14.0. The number of halogens is 1. The van der Waals surface area contributed by atoms with Crippen molar-refractivity contribution in [3.05, 3.63) is 18.0 Å². The van der Waals surface area contributed by atoms with Crippen LogP contribution in [0.15, 0.2) is 21.8 Å². The fourth-order valence-corrected chi connectivity index (χ4v) is 3.70. The van der Waals surface area contributed by atoms with E-state index in [9.17, 15) is 0 Å². The van der Waals surface area contributed by atoms with E-state index in [-0.39, 0.29) is 24.0 Å². The fourth-order valence-electron chi connectivity index (χ4n) is 3.70. The Balaban J connectivity index is 0.00000208. The zero-order valence-electron chi connectivity index (χ0n) is 14.8. The Bertz CT molecular complexity index is 505. The van der Waals surface area contributed by atoms with Crippen LogP contribution in [0.2, 0.25) is 0 Å². The van der Waals surface area contributed by atoms with Crippen LogP contribution in [0.3, 0.4) is 0 Å². The zero-order chi connectivity index (χ0) is 16.1. The molecule has 1 aromatic heterocycles. The van der Waals surface area contributed by atoms with Gasteiger partial charge < -0.3 is 14.7 Å². The average molecular weight is 447 g/mol. The first-order valence-electron chi connectivity index (χ1n) is 8.76. The minimum Gasteiger partial charge on any atom is -0.364 e. The maximum Gasteiger partial charge on any atom is 0.193 e. The lowest BCUT2D eigenvalue weighted by Gasteiger charge is -2.37. The number of hydrogen-bond acceptors (Lipinski definition) is 4. The van der Waals surface area contributed by atoms with Crippen molar-refractivity contribution < 1.29 is 4.52 Å². The van der Waals surface area contributed by atoms with Crippen LogP contribution in [0.4, 0.5) is 0 Å². The Labute approximate surface area is 162 Å². The van der Waals surface area contributed by atoms with Gasteiger partial charge in [-0.15, -0.1) is 24.0 Å². The molecule has 1 aromatic rings. The Hall–Kier alpha value is -0.830. The Morgan fingerprint density at radius 3 is 2.58 bits per heavy atom. The molecule has 0 aromatic carbocycles. The molecule has 0 spiro atoms. The third kappa shape index (κ3) is 5.08. The summed E-state index contributed by atoms with van der Waals surface area (Å²) >= 11 is 0. The maximum atomic E-state index is 4.91. The smallest absolute Gasteiger partial charge is 0.193 e. The molecule has 7 heteroatoms. The highest BCUT2D eigenvalue weighted by atomic mass is 127. The van der Waals surface area contributed by atoms with Crippen LogP contribution in [0, 0.1) is 5.41 Å². The first-order chi connectivity index (χ1) is 11.2. The van der Waals surface area contributed by atoms with E-state index in [0.29, 0.717) is 5.41 Å². The number of rotatable bonds is 4. The number of guanidine groups is 1.